The third kappa shape index (κ3) is 2.48. The summed E-state index contributed by atoms with van der Waals surface area (Å²) in [6, 6.07) is 0. The van der Waals surface area contributed by atoms with E-state index in [4.69, 9.17) is 14.1 Å². The number of rotatable bonds is 4. The van der Waals surface area contributed by atoms with Crippen molar-refractivity contribution in [1.82, 2.24) is 4.98 Å². The Morgan fingerprint density at radius 1 is 1.35 bits per heavy atom. The first-order valence-electron chi connectivity index (χ1n) is 7.82. The van der Waals surface area contributed by atoms with Gasteiger partial charge in [-0.2, -0.15) is 0 Å². The van der Waals surface area contributed by atoms with Crippen LogP contribution in [0.4, 0.5) is 0 Å². The third-order valence-corrected chi connectivity index (χ3v) is 4.55. The SMILES string of the molecule is CCOC(=O)c1oc(C2(C)CCCCC2)nc1C1CC1. The van der Waals surface area contributed by atoms with Crippen LogP contribution >= 0.6 is 0 Å². The summed E-state index contributed by atoms with van der Waals surface area (Å²) < 4.78 is 11.0. The molecule has 4 nitrogen and oxygen atoms in total. The lowest BCUT2D eigenvalue weighted by Gasteiger charge is -2.30. The fraction of sp³-hybridized carbons (Fsp3) is 0.750. The minimum Gasteiger partial charge on any atom is -0.460 e. The standard InChI is InChI=1S/C16H23NO3/c1-3-19-14(18)13-12(11-7-8-11)17-15(20-13)16(2)9-5-4-6-10-16/h11H,3-10H2,1-2H3. The van der Waals surface area contributed by atoms with Crippen LogP contribution < -0.4 is 0 Å². The van der Waals surface area contributed by atoms with Crippen molar-refractivity contribution in [2.24, 2.45) is 0 Å². The van der Waals surface area contributed by atoms with E-state index in [9.17, 15) is 4.79 Å². The fourth-order valence-corrected chi connectivity index (χ4v) is 3.11. The molecule has 110 valence electrons. The first-order chi connectivity index (χ1) is 9.64. The first-order valence-corrected chi connectivity index (χ1v) is 7.82. The summed E-state index contributed by atoms with van der Waals surface area (Å²) in [7, 11) is 0. The summed E-state index contributed by atoms with van der Waals surface area (Å²) in [6.07, 6.45) is 8.12. The van der Waals surface area contributed by atoms with Crippen LogP contribution in [-0.4, -0.2) is 17.6 Å². The zero-order valence-corrected chi connectivity index (χ0v) is 12.4. The molecule has 1 aromatic rings. The average molecular weight is 277 g/mol. The zero-order valence-electron chi connectivity index (χ0n) is 12.4. The molecule has 3 rings (SSSR count). The van der Waals surface area contributed by atoms with Crippen LogP contribution in [0.3, 0.4) is 0 Å². The number of aromatic nitrogens is 1. The lowest BCUT2D eigenvalue weighted by Crippen LogP contribution is -2.25. The van der Waals surface area contributed by atoms with Crippen LogP contribution in [0.1, 0.15) is 86.9 Å². The van der Waals surface area contributed by atoms with Crippen LogP contribution in [0.25, 0.3) is 0 Å². The Hall–Kier alpha value is -1.32. The van der Waals surface area contributed by atoms with Crippen molar-refractivity contribution in [3.8, 4) is 0 Å². The second kappa shape index (κ2) is 5.23. The Kier molecular flexibility index (Phi) is 3.57. The molecule has 0 N–H and O–H groups in total. The van der Waals surface area contributed by atoms with Crippen LogP contribution in [0.5, 0.6) is 0 Å². The quantitative estimate of drug-likeness (QED) is 0.782. The van der Waals surface area contributed by atoms with Crippen molar-refractivity contribution in [2.45, 2.75) is 70.1 Å². The van der Waals surface area contributed by atoms with Gasteiger partial charge in [0.05, 0.1) is 12.3 Å². The minimum atomic E-state index is -0.354. The highest BCUT2D eigenvalue weighted by atomic mass is 16.5. The van der Waals surface area contributed by atoms with Crippen molar-refractivity contribution < 1.29 is 13.9 Å². The number of nitrogens with zero attached hydrogens (tertiary/aromatic N) is 1. The van der Waals surface area contributed by atoms with Gasteiger partial charge in [-0.25, -0.2) is 9.78 Å². The summed E-state index contributed by atoms with van der Waals surface area (Å²) in [6.45, 7) is 4.40. The van der Waals surface area contributed by atoms with Crippen molar-refractivity contribution in [2.75, 3.05) is 6.61 Å². The van der Waals surface area contributed by atoms with Gasteiger partial charge in [-0.15, -0.1) is 0 Å². The normalized spacial score (nSPS) is 21.7. The maximum Gasteiger partial charge on any atom is 0.376 e. The van der Waals surface area contributed by atoms with Crippen LogP contribution in [0.15, 0.2) is 4.42 Å². The maximum atomic E-state index is 12.0. The smallest absolute Gasteiger partial charge is 0.376 e. The second-order valence-corrected chi connectivity index (χ2v) is 6.35. The molecular formula is C16H23NO3. The van der Waals surface area contributed by atoms with Gasteiger partial charge in [-0.05, 0) is 32.6 Å². The van der Waals surface area contributed by atoms with Gasteiger partial charge in [0.15, 0.2) is 0 Å². The molecule has 0 radical (unpaired) electrons. The van der Waals surface area contributed by atoms with Gasteiger partial charge >= 0.3 is 5.97 Å². The highest BCUT2D eigenvalue weighted by Crippen LogP contribution is 2.45. The van der Waals surface area contributed by atoms with Gasteiger partial charge in [0, 0.05) is 11.3 Å². The molecule has 0 aromatic carbocycles. The van der Waals surface area contributed by atoms with E-state index in [-0.39, 0.29) is 11.4 Å². The Morgan fingerprint density at radius 2 is 2.05 bits per heavy atom. The lowest BCUT2D eigenvalue weighted by atomic mass is 9.75. The van der Waals surface area contributed by atoms with E-state index in [1.54, 1.807) is 0 Å². The Bertz CT molecular complexity index is 496. The average Bonchev–Trinajstić information content (AvgIpc) is 3.18. The van der Waals surface area contributed by atoms with Crippen LogP contribution in [0.2, 0.25) is 0 Å². The molecule has 0 atom stereocenters. The van der Waals surface area contributed by atoms with E-state index in [1.807, 2.05) is 6.92 Å². The fourth-order valence-electron chi connectivity index (χ4n) is 3.11. The van der Waals surface area contributed by atoms with Crippen molar-refractivity contribution in [1.29, 1.82) is 0 Å². The Balaban J connectivity index is 1.92. The molecule has 1 aromatic heterocycles. The highest BCUT2D eigenvalue weighted by molar-refractivity contribution is 5.87. The molecule has 2 saturated carbocycles. The molecule has 1 heterocycles. The number of oxazole rings is 1. The molecule has 2 aliphatic carbocycles. The van der Waals surface area contributed by atoms with Crippen molar-refractivity contribution in [3.05, 3.63) is 17.3 Å². The van der Waals surface area contributed by atoms with Gasteiger partial charge in [0.25, 0.3) is 0 Å². The lowest BCUT2D eigenvalue weighted by molar-refractivity contribution is 0.0482. The molecule has 2 aliphatic rings. The van der Waals surface area contributed by atoms with E-state index in [2.05, 4.69) is 6.92 Å². The van der Waals surface area contributed by atoms with Crippen LogP contribution in [-0.2, 0) is 10.2 Å². The molecule has 0 saturated heterocycles. The van der Waals surface area contributed by atoms with E-state index in [1.165, 1.54) is 19.3 Å². The first kappa shape index (κ1) is 13.7. The monoisotopic (exact) mass is 277 g/mol. The Labute approximate surface area is 119 Å². The predicted molar refractivity (Wildman–Crippen MR) is 74.9 cm³/mol. The molecule has 20 heavy (non-hydrogen) atoms. The van der Waals surface area contributed by atoms with Gasteiger partial charge in [-0.3, -0.25) is 0 Å². The molecule has 0 spiro atoms. The summed E-state index contributed by atoms with van der Waals surface area (Å²) in [5, 5.41) is 0. The molecule has 4 heteroatoms. The van der Waals surface area contributed by atoms with Crippen LogP contribution in [0, 0.1) is 0 Å². The number of carbonyl (C=O) groups is 1. The topological polar surface area (TPSA) is 52.3 Å². The van der Waals surface area contributed by atoms with Gasteiger partial charge in [-0.1, -0.05) is 26.2 Å². The molecule has 0 aliphatic heterocycles. The molecule has 0 amide bonds. The molecule has 2 fully saturated rings. The number of carbonyl (C=O) groups excluding carboxylic acids is 1. The van der Waals surface area contributed by atoms with Gasteiger partial charge < -0.3 is 9.15 Å². The predicted octanol–water partition coefficient (Wildman–Crippen LogP) is 3.95. The number of ether oxygens (including phenoxy) is 1. The van der Waals surface area contributed by atoms with Crippen molar-refractivity contribution >= 4 is 5.97 Å². The summed E-state index contributed by atoms with van der Waals surface area (Å²) in [5.74, 6) is 1.16. The van der Waals surface area contributed by atoms with E-state index in [0.717, 1.165) is 37.3 Å². The van der Waals surface area contributed by atoms with Crippen molar-refractivity contribution in [3.63, 3.8) is 0 Å². The maximum absolute atomic E-state index is 12.0. The summed E-state index contributed by atoms with van der Waals surface area (Å²) in [4.78, 5) is 16.7. The highest BCUT2D eigenvalue weighted by Gasteiger charge is 2.39. The molecule has 0 bridgehead atoms. The molecule has 0 unspecified atom stereocenters. The third-order valence-electron chi connectivity index (χ3n) is 4.55. The summed E-state index contributed by atoms with van der Waals surface area (Å²) in [5.41, 5.74) is 0.831. The largest absolute Gasteiger partial charge is 0.460 e. The number of esters is 1. The minimum absolute atomic E-state index is 0.00731. The van der Waals surface area contributed by atoms with E-state index < -0.39 is 0 Å². The zero-order chi connectivity index (χ0) is 14.2. The Morgan fingerprint density at radius 3 is 2.65 bits per heavy atom. The van der Waals surface area contributed by atoms with Gasteiger partial charge in [0.1, 0.15) is 0 Å². The number of hydrogen-bond donors (Lipinski definition) is 0. The number of hydrogen-bond acceptors (Lipinski definition) is 4. The molecular weight excluding hydrogens is 254 g/mol. The van der Waals surface area contributed by atoms with E-state index in [0.29, 0.717) is 18.3 Å². The van der Waals surface area contributed by atoms with Gasteiger partial charge in [0.2, 0.25) is 11.7 Å². The van der Waals surface area contributed by atoms with E-state index >= 15 is 0 Å². The second-order valence-electron chi connectivity index (χ2n) is 6.35. The summed E-state index contributed by atoms with van der Waals surface area (Å²) >= 11 is 0.